The van der Waals surface area contributed by atoms with Crippen LogP contribution in [-0.2, 0) is 11.3 Å². The molecule has 1 N–H and O–H groups in total. The molecule has 6 nitrogen and oxygen atoms in total. The minimum atomic E-state index is -0.122. The Morgan fingerprint density at radius 1 is 1.14 bits per heavy atom. The van der Waals surface area contributed by atoms with Crippen LogP contribution in [-0.4, -0.2) is 20.3 Å². The number of nitrogens with zero attached hydrogens (tertiary/aromatic N) is 3. The number of rotatable bonds is 3. The molecule has 0 unspecified atom stereocenters. The van der Waals surface area contributed by atoms with Crippen molar-refractivity contribution in [2.45, 2.75) is 25.8 Å². The predicted molar refractivity (Wildman–Crippen MR) is 109 cm³/mol. The van der Waals surface area contributed by atoms with Gasteiger partial charge in [0.25, 0.3) is 0 Å². The van der Waals surface area contributed by atoms with E-state index in [1.807, 2.05) is 48.7 Å². The second-order valence-electron chi connectivity index (χ2n) is 7.25. The van der Waals surface area contributed by atoms with Crippen molar-refractivity contribution in [3.63, 3.8) is 0 Å². The summed E-state index contributed by atoms with van der Waals surface area (Å²) in [7, 11) is 0. The molecule has 1 aromatic carbocycles. The van der Waals surface area contributed by atoms with Gasteiger partial charge in [0, 0.05) is 30.8 Å². The van der Waals surface area contributed by atoms with E-state index in [-0.39, 0.29) is 11.8 Å². The van der Waals surface area contributed by atoms with E-state index < -0.39 is 0 Å². The van der Waals surface area contributed by atoms with Crippen molar-refractivity contribution in [3.05, 3.63) is 89.5 Å². The molecule has 0 fully saturated rings. The zero-order chi connectivity index (χ0) is 19.8. The fourth-order valence-electron chi connectivity index (χ4n) is 3.79. The second-order valence-corrected chi connectivity index (χ2v) is 7.25. The Hall–Kier alpha value is -3.67. The van der Waals surface area contributed by atoms with E-state index in [9.17, 15) is 4.79 Å². The molecule has 1 aliphatic heterocycles. The number of ether oxygens (including phenoxy) is 1. The molecule has 0 saturated carbocycles. The minimum Gasteiger partial charge on any atom is -0.439 e. The maximum atomic E-state index is 12.3. The molecule has 6 heteroatoms. The molecular formula is C23H20N4O2. The van der Waals surface area contributed by atoms with Crippen LogP contribution >= 0.6 is 0 Å². The quantitative estimate of drug-likeness (QED) is 0.580. The van der Waals surface area contributed by atoms with Crippen molar-refractivity contribution < 1.29 is 9.53 Å². The first-order chi connectivity index (χ1) is 14.2. The molecule has 144 valence electrons. The number of carbonyl (C=O) groups is 1. The van der Waals surface area contributed by atoms with E-state index >= 15 is 0 Å². The van der Waals surface area contributed by atoms with Gasteiger partial charge in [-0.2, -0.15) is 0 Å². The van der Waals surface area contributed by atoms with E-state index in [0.717, 1.165) is 33.9 Å². The molecule has 1 amide bonds. The molecule has 1 atom stereocenters. The van der Waals surface area contributed by atoms with Crippen molar-refractivity contribution in [2.75, 3.05) is 0 Å². The van der Waals surface area contributed by atoms with E-state index in [2.05, 4.69) is 33.8 Å². The van der Waals surface area contributed by atoms with Crippen molar-refractivity contribution in [1.29, 1.82) is 0 Å². The summed E-state index contributed by atoms with van der Waals surface area (Å²) in [5.74, 6) is 1.15. The van der Waals surface area contributed by atoms with Crippen LogP contribution in [0.2, 0.25) is 0 Å². The van der Waals surface area contributed by atoms with Crippen LogP contribution in [0.15, 0.2) is 67.0 Å². The Kier molecular flexibility index (Phi) is 4.24. The summed E-state index contributed by atoms with van der Waals surface area (Å²) >= 11 is 0. The van der Waals surface area contributed by atoms with Gasteiger partial charge in [0.1, 0.15) is 11.4 Å². The third kappa shape index (κ3) is 3.33. The number of aryl methyl sites for hydroxylation is 1. The van der Waals surface area contributed by atoms with Crippen LogP contribution < -0.4 is 10.1 Å². The zero-order valence-electron chi connectivity index (χ0n) is 16.0. The van der Waals surface area contributed by atoms with Crippen LogP contribution in [0.4, 0.5) is 0 Å². The third-order valence-corrected chi connectivity index (χ3v) is 5.19. The number of pyridine rings is 2. The Morgan fingerprint density at radius 3 is 2.79 bits per heavy atom. The molecule has 4 heterocycles. The van der Waals surface area contributed by atoms with Gasteiger partial charge < -0.3 is 14.5 Å². The molecule has 1 aliphatic rings. The number of hydrogen-bond donors (Lipinski definition) is 1. The minimum absolute atomic E-state index is 0.0125. The smallest absolute Gasteiger partial charge is 0.221 e. The highest BCUT2D eigenvalue weighted by molar-refractivity contribution is 5.78. The maximum absolute atomic E-state index is 12.3. The number of nitrogens with one attached hydrogen (secondary N) is 1. The standard InChI is InChI=1S/C23H20N4O2/c1-15-9-10-27-20(11-15)26-19-14-24-21(28)12-18(23(19)27)16-7-8-22(25-13-16)29-17-5-3-2-4-6-17/h2-11,13,18H,12,14H2,1H3,(H,24,28)/t18-/m0/s1. The van der Waals surface area contributed by atoms with E-state index in [0.29, 0.717) is 18.8 Å². The highest BCUT2D eigenvalue weighted by Gasteiger charge is 2.29. The lowest BCUT2D eigenvalue weighted by Crippen LogP contribution is -2.21. The first kappa shape index (κ1) is 17.4. The van der Waals surface area contributed by atoms with E-state index in [1.165, 1.54) is 0 Å². The summed E-state index contributed by atoms with van der Waals surface area (Å²) in [6, 6.07) is 17.5. The van der Waals surface area contributed by atoms with Crippen LogP contribution in [0.5, 0.6) is 11.6 Å². The van der Waals surface area contributed by atoms with Gasteiger partial charge in [-0.05, 0) is 42.3 Å². The van der Waals surface area contributed by atoms with Crippen LogP contribution in [0.25, 0.3) is 5.65 Å². The number of benzene rings is 1. The molecule has 0 bridgehead atoms. The van der Waals surface area contributed by atoms with E-state index in [4.69, 9.17) is 9.72 Å². The molecule has 4 aromatic rings. The summed E-state index contributed by atoms with van der Waals surface area (Å²) in [5.41, 5.74) is 4.95. The van der Waals surface area contributed by atoms with Gasteiger partial charge in [-0.1, -0.05) is 24.3 Å². The lowest BCUT2D eigenvalue weighted by Gasteiger charge is -2.16. The first-order valence-corrected chi connectivity index (χ1v) is 9.60. The summed E-state index contributed by atoms with van der Waals surface area (Å²) in [4.78, 5) is 21.6. The molecule has 3 aromatic heterocycles. The fourth-order valence-corrected chi connectivity index (χ4v) is 3.79. The number of imidazole rings is 1. The number of carbonyl (C=O) groups excluding carboxylic acids is 1. The van der Waals surface area contributed by atoms with Gasteiger partial charge in [0.15, 0.2) is 0 Å². The lowest BCUT2D eigenvalue weighted by molar-refractivity contribution is -0.121. The topological polar surface area (TPSA) is 68.5 Å². The summed E-state index contributed by atoms with van der Waals surface area (Å²) < 4.78 is 7.88. The Labute approximate surface area is 168 Å². The van der Waals surface area contributed by atoms with Crippen LogP contribution in [0.1, 0.15) is 34.9 Å². The highest BCUT2D eigenvalue weighted by Crippen LogP contribution is 2.34. The number of hydrogen-bond acceptors (Lipinski definition) is 4. The third-order valence-electron chi connectivity index (χ3n) is 5.19. The Morgan fingerprint density at radius 2 is 2.00 bits per heavy atom. The molecule has 0 spiro atoms. The summed E-state index contributed by atoms with van der Waals surface area (Å²) in [6.45, 7) is 2.49. The van der Waals surface area contributed by atoms with Gasteiger partial charge in [0.05, 0.1) is 17.9 Å². The molecule has 29 heavy (non-hydrogen) atoms. The highest BCUT2D eigenvalue weighted by atomic mass is 16.5. The van der Waals surface area contributed by atoms with Crippen molar-refractivity contribution in [2.24, 2.45) is 0 Å². The average molecular weight is 384 g/mol. The molecule has 0 radical (unpaired) electrons. The lowest BCUT2D eigenvalue weighted by atomic mass is 9.93. The zero-order valence-corrected chi connectivity index (χ0v) is 16.0. The predicted octanol–water partition coefficient (Wildman–Crippen LogP) is 3.98. The first-order valence-electron chi connectivity index (χ1n) is 9.60. The summed E-state index contributed by atoms with van der Waals surface area (Å²) in [6.07, 6.45) is 4.17. The van der Waals surface area contributed by atoms with Gasteiger partial charge >= 0.3 is 0 Å². The van der Waals surface area contributed by atoms with Crippen molar-refractivity contribution >= 4 is 11.6 Å². The number of fused-ring (bicyclic) bond motifs is 3. The van der Waals surface area contributed by atoms with Gasteiger partial charge in [0.2, 0.25) is 11.8 Å². The largest absolute Gasteiger partial charge is 0.439 e. The van der Waals surface area contributed by atoms with Crippen molar-refractivity contribution in [3.8, 4) is 11.6 Å². The molecule has 0 saturated heterocycles. The van der Waals surface area contributed by atoms with Gasteiger partial charge in [-0.15, -0.1) is 0 Å². The van der Waals surface area contributed by atoms with Crippen LogP contribution in [0.3, 0.4) is 0 Å². The van der Waals surface area contributed by atoms with Crippen molar-refractivity contribution in [1.82, 2.24) is 19.7 Å². The van der Waals surface area contributed by atoms with Gasteiger partial charge in [-0.25, -0.2) is 9.97 Å². The average Bonchev–Trinajstić information content (AvgIpc) is 3.00. The molecule has 0 aliphatic carbocycles. The van der Waals surface area contributed by atoms with Crippen LogP contribution in [0, 0.1) is 6.92 Å². The fraction of sp³-hybridized carbons (Fsp3) is 0.174. The van der Waals surface area contributed by atoms with Gasteiger partial charge in [-0.3, -0.25) is 4.79 Å². The monoisotopic (exact) mass is 384 g/mol. The Bertz CT molecular complexity index is 1180. The molecular weight excluding hydrogens is 364 g/mol. The second kappa shape index (κ2) is 7.05. The number of para-hydroxylation sites is 1. The summed E-state index contributed by atoms with van der Waals surface area (Å²) in [5, 5.41) is 2.96. The number of amides is 1. The maximum Gasteiger partial charge on any atom is 0.221 e. The Balaban J connectivity index is 1.53. The number of aromatic nitrogens is 3. The SMILES string of the molecule is Cc1ccn2c3c(nc2c1)CNC(=O)C[C@H]3c1ccc(Oc2ccccc2)nc1. The molecule has 5 rings (SSSR count). The van der Waals surface area contributed by atoms with E-state index in [1.54, 1.807) is 6.20 Å². The normalized spacial score (nSPS) is 16.2.